The van der Waals surface area contributed by atoms with Crippen LogP contribution in [0.2, 0.25) is 5.02 Å². The molecule has 1 aliphatic rings. The van der Waals surface area contributed by atoms with Gasteiger partial charge in [-0.15, -0.1) is 0 Å². The van der Waals surface area contributed by atoms with E-state index in [1.165, 1.54) is 12.4 Å². The summed E-state index contributed by atoms with van der Waals surface area (Å²) in [5.41, 5.74) is 0.977. The van der Waals surface area contributed by atoms with Gasteiger partial charge >= 0.3 is 6.09 Å². The van der Waals surface area contributed by atoms with Crippen molar-refractivity contribution < 1.29 is 19.1 Å². The van der Waals surface area contributed by atoms with Gasteiger partial charge in [-0.05, 0) is 58.2 Å². The van der Waals surface area contributed by atoms with Gasteiger partial charge in [-0.3, -0.25) is 10.1 Å². The van der Waals surface area contributed by atoms with E-state index in [1.54, 1.807) is 30.2 Å². The molecule has 3 heterocycles. The number of carbonyl (C=O) groups is 2. The molecule has 1 fully saturated rings. The number of benzene rings is 1. The van der Waals surface area contributed by atoms with E-state index in [-0.39, 0.29) is 18.0 Å². The van der Waals surface area contributed by atoms with Crippen LogP contribution in [0.5, 0.6) is 5.75 Å². The summed E-state index contributed by atoms with van der Waals surface area (Å²) in [5, 5.41) is 10.8. The number of likely N-dealkylation sites (tertiary alicyclic amines) is 1. The maximum atomic E-state index is 13.0. The first kappa shape index (κ1) is 24.7. The number of imidazole rings is 1. The van der Waals surface area contributed by atoms with Crippen LogP contribution in [-0.2, 0) is 4.74 Å². The average molecular weight is 501 g/mol. The third-order valence-corrected chi connectivity index (χ3v) is 6.08. The average Bonchev–Trinajstić information content (AvgIpc) is 3.00. The Balaban J connectivity index is 1.76. The molecule has 1 N–H and O–H groups in total. The summed E-state index contributed by atoms with van der Waals surface area (Å²) in [6.45, 7) is 6.50. The number of amides is 2. The van der Waals surface area contributed by atoms with Gasteiger partial charge in [0.2, 0.25) is 5.95 Å². The lowest BCUT2D eigenvalue weighted by Crippen LogP contribution is -2.39. The summed E-state index contributed by atoms with van der Waals surface area (Å²) in [6.07, 6.45) is 4.94. The van der Waals surface area contributed by atoms with Gasteiger partial charge in [0.25, 0.3) is 5.91 Å². The monoisotopic (exact) mass is 500 g/mol. The van der Waals surface area contributed by atoms with Crippen LogP contribution in [0, 0.1) is 0 Å². The fourth-order valence-electron chi connectivity index (χ4n) is 4.15. The Morgan fingerprint density at radius 3 is 2.66 bits per heavy atom. The number of hydrogen-bond acceptors (Lipinski definition) is 7. The van der Waals surface area contributed by atoms with Gasteiger partial charge in [0.1, 0.15) is 16.4 Å². The fraction of sp³-hybridized carbons (Fsp3) is 0.458. The number of methoxy groups -OCH3 is 1. The van der Waals surface area contributed by atoms with E-state index >= 15 is 0 Å². The second kappa shape index (κ2) is 10.1. The summed E-state index contributed by atoms with van der Waals surface area (Å²) in [6, 6.07) is 4.90. The van der Waals surface area contributed by atoms with Crippen molar-refractivity contribution in [2.45, 2.75) is 51.7 Å². The van der Waals surface area contributed by atoms with Crippen molar-refractivity contribution in [3.63, 3.8) is 0 Å². The van der Waals surface area contributed by atoms with Crippen LogP contribution in [0.25, 0.3) is 11.0 Å². The minimum atomic E-state index is -0.602. The molecule has 0 radical (unpaired) electrons. The Morgan fingerprint density at radius 1 is 1.17 bits per heavy atom. The number of fused-ring (bicyclic) bond motifs is 1. The van der Waals surface area contributed by atoms with Crippen molar-refractivity contribution >= 4 is 40.6 Å². The number of hydrogen-bond donors (Lipinski definition) is 1. The van der Waals surface area contributed by atoms with Gasteiger partial charge in [0, 0.05) is 13.1 Å². The zero-order chi connectivity index (χ0) is 25.2. The van der Waals surface area contributed by atoms with Gasteiger partial charge in [-0.25, -0.2) is 9.78 Å². The van der Waals surface area contributed by atoms with Crippen LogP contribution in [0.3, 0.4) is 0 Å². The molecule has 3 aromatic rings. The molecule has 1 aliphatic heterocycles. The van der Waals surface area contributed by atoms with Gasteiger partial charge in [0.15, 0.2) is 0 Å². The Bertz CT molecular complexity index is 1220. The lowest BCUT2D eigenvalue weighted by atomic mass is 10.1. The number of halogens is 1. The van der Waals surface area contributed by atoms with Crippen molar-refractivity contribution in [2.24, 2.45) is 0 Å². The van der Waals surface area contributed by atoms with Gasteiger partial charge in [-0.2, -0.15) is 10.2 Å². The van der Waals surface area contributed by atoms with Crippen molar-refractivity contribution in [3.05, 3.63) is 41.2 Å². The minimum absolute atomic E-state index is 0.203. The third kappa shape index (κ3) is 5.48. The summed E-state index contributed by atoms with van der Waals surface area (Å²) in [5.74, 6) is 0.444. The van der Waals surface area contributed by atoms with Crippen LogP contribution < -0.4 is 10.1 Å². The molecule has 2 aromatic heterocycles. The van der Waals surface area contributed by atoms with E-state index in [9.17, 15) is 9.59 Å². The fourth-order valence-corrected chi connectivity index (χ4v) is 4.48. The van der Waals surface area contributed by atoms with Crippen LogP contribution in [0.15, 0.2) is 30.6 Å². The normalized spacial score (nSPS) is 16.6. The molecule has 0 saturated carbocycles. The topological polar surface area (TPSA) is 111 Å². The molecular weight excluding hydrogens is 472 g/mol. The van der Waals surface area contributed by atoms with Gasteiger partial charge in [0.05, 0.1) is 42.1 Å². The highest BCUT2D eigenvalue weighted by Crippen LogP contribution is 2.38. The molecule has 1 aromatic carbocycles. The molecule has 11 heteroatoms. The number of anilines is 1. The van der Waals surface area contributed by atoms with Crippen molar-refractivity contribution in [1.29, 1.82) is 0 Å². The lowest BCUT2D eigenvalue weighted by molar-refractivity contribution is 0.0238. The second-order valence-electron chi connectivity index (χ2n) is 9.42. The highest BCUT2D eigenvalue weighted by molar-refractivity contribution is 6.36. The maximum Gasteiger partial charge on any atom is 0.410 e. The second-order valence-corrected chi connectivity index (χ2v) is 9.79. The maximum absolute atomic E-state index is 13.0. The zero-order valence-electron chi connectivity index (χ0n) is 20.2. The summed E-state index contributed by atoms with van der Waals surface area (Å²) >= 11 is 6.74. The molecule has 1 unspecified atom stereocenters. The zero-order valence-corrected chi connectivity index (χ0v) is 21.0. The molecule has 0 aliphatic carbocycles. The molecule has 1 saturated heterocycles. The number of nitrogens with zero attached hydrogens (tertiary/aromatic N) is 5. The minimum Gasteiger partial charge on any atom is -0.495 e. The van der Waals surface area contributed by atoms with E-state index < -0.39 is 5.60 Å². The number of carbonyl (C=O) groups excluding carboxylic acids is 2. The molecule has 35 heavy (non-hydrogen) atoms. The molecule has 0 spiro atoms. The Hall–Kier alpha value is -3.40. The highest BCUT2D eigenvalue weighted by Gasteiger charge is 2.30. The van der Waals surface area contributed by atoms with Crippen LogP contribution in [0.1, 0.15) is 56.4 Å². The summed E-state index contributed by atoms with van der Waals surface area (Å²) in [4.78, 5) is 32.2. The van der Waals surface area contributed by atoms with Crippen molar-refractivity contribution in [2.75, 3.05) is 25.5 Å². The third-order valence-electron chi connectivity index (χ3n) is 5.71. The Labute approximate surface area is 208 Å². The molecule has 0 bridgehead atoms. The number of nitrogens with one attached hydrogen (secondary N) is 1. The lowest BCUT2D eigenvalue weighted by Gasteiger charge is -2.29. The first-order chi connectivity index (χ1) is 16.7. The van der Waals surface area contributed by atoms with E-state index in [4.69, 9.17) is 21.1 Å². The van der Waals surface area contributed by atoms with Gasteiger partial charge in [-0.1, -0.05) is 11.6 Å². The first-order valence-electron chi connectivity index (χ1n) is 11.5. The predicted molar refractivity (Wildman–Crippen MR) is 132 cm³/mol. The standard InChI is InChI=1S/C24H29ClN6O4/c1-24(2,3)35-23(33)30-12-6-5-7-16(14-30)31-20-17(8-9-18(34-4)19(20)25)28-22(31)29-21(32)15-10-11-26-27-13-15/h8-11,13,16H,5-7,12,14H2,1-4H3,(H,28,29,32). The molecule has 10 nitrogen and oxygen atoms in total. The van der Waals surface area contributed by atoms with Crippen LogP contribution in [-0.4, -0.2) is 62.4 Å². The van der Waals surface area contributed by atoms with Crippen molar-refractivity contribution in [1.82, 2.24) is 24.6 Å². The summed E-state index contributed by atoms with van der Waals surface area (Å²) in [7, 11) is 1.54. The first-order valence-corrected chi connectivity index (χ1v) is 11.9. The SMILES string of the molecule is COc1ccc2nc(NC(=O)c3ccnnc3)n(C3CCCCN(C(=O)OC(C)(C)C)C3)c2c1Cl. The summed E-state index contributed by atoms with van der Waals surface area (Å²) < 4.78 is 13.0. The highest BCUT2D eigenvalue weighted by atomic mass is 35.5. The van der Waals surface area contributed by atoms with Gasteiger partial charge < -0.3 is 18.9 Å². The van der Waals surface area contributed by atoms with E-state index in [2.05, 4.69) is 20.5 Å². The number of aromatic nitrogens is 4. The quantitative estimate of drug-likeness (QED) is 0.552. The molecule has 2 amide bonds. The molecular formula is C24H29ClN6O4. The van der Waals surface area contributed by atoms with Crippen molar-refractivity contribution in [3.8, 4) is 5.75 Å². The number of rotatable bonds is 4. The molecule has 1 atom stereocenters. The van der Waals surface area contributed by atoms with Crippen LogP contribution >= 0.6 is 11.6 Å². The van der Waals surface area contributed by atoms with E-state index in [0.29, 0.717) is 46.4 Å². The smallest absolute Gasteiger partial charge is 0.410 e. The Morgan fingerprint density at radius 2 is 1.97 bits per heavy atom. The van der Waals surface area contributed by atoms with E-state index in [0.717, 1.165) is 19.3 Å². The molecule has 4 rings (SSSR count). The largest absolute Gasteiger partial charge is 0.495 e. The number of ether oxygens (including phenoxy) is 2. The molecule has 186 valence electrons. The Kier molecular flexibility index (Phi) is 7.11. The van der Waals surface area contributed by atoms with Crippen LogP contribution in [0.4, 0.5) is 10.7 Å². The van der Waals surface area contributed by atoms with E-state index in [1.807, 2.05) is 25.3 Å². The predicted octanol–water partition coefficient (Wildman–Crippen LogP) is 4.70.